The third-order valence-corrected chi connectivity index (χ3v) is 8.02. The van der Waals surface area contributed by atoms with Gasteiger partial charge in [-0.25, -0.2) is 8.42 Å². The van der Waals surface area contributed by atoms with E-state index in [1.165, 1.54) is 32.1 Å². The molecule has 3 rings (SSSR count). The number of aliphatic imine (C=N–C) groups is 1. The molecular formula is C17H29F3N4O2S. The number of alkyl halides is 3. The predicted octanol–water partition coefficient (Wildman–Crippen LogP) is 2.29. The average Bonchev–Trinajstić information content (AvgIpc) is 3.41. The zero-order chi connectivity index (χ0) is 19.7. The smallest absolute Gasteiger partial charge is 0.356 e. The number of nitrogens with zero attached hydrogens (tertiary/aromatic N) is 2. The molecule has 0 aromatic heterocycles. The van der Waals surface area contributed by atoms with Crippen LogP contribution in [0, 0.1) is 17.3 Å². The molecule has 1 aliphatic heterocycles. The highest BCUT2D eigenvalue weighted by molar-refractivity contribution is 7.90. The first-order valence-corrected chi connectivity index (χ1v) is 11.1. The Morgan fingerprint density at radius 3 is 2.22 bits per heavy atom. The fraction of sp³-hybridized carbons (Fsp3) is 0.941. The highest BCUT2D eigenvalue weighted by Crippen LogP contribution is 2.56. The molecule has 2 saturated carbocycles. The minimum atomic E-state index is -5.22. The van der Waals surface area contributed by atoms with Gasteiger partial charge in [0.2, 0.25) is 0 Å². The third-order valence-electron chi connectivity index (χ3n) is 6.39. The molecule has 6 nitrogen and oxygen atoms in total. The summed E-state index contributed by atoms with van der Waals surface area (Å²) in [5, 5.41) is 6.66. The number of guanidine groups is 1. The van der Waals surface area contributed by atoms with E-state index < -0.39 is 15.5 Å². The van der Waals surface area contributed by atoms with Crippen molar-refractivity contribution in [3.8, 4) is 0 Å². The SMILES string of the molecule is CN=C(NCC1CCN(S(=O)(=O)C(F)(F)F)CC1)NCC1(C2CC2)CCC1. The summed E-state index contributed by atoms with van der Waals surface area (Å²) in [5.74, 6) is 1.69. The van der Waals surface area contributed by atoms with Crippen molar-refractivity contribution in [2.24, 2.45) is 22.2 Å². The van der Waals surface area contributed by atoms with Crippen molar-refractivity contribution in [2.45, 2.75) is 50.5 Å². The molecule has 0 atom stereocenters. The number of sulfonamides is 1. The van der Waals surface area contributed by atoms with Gasteiger partial charge in [-0.1, -0.05) is 6.42 Å². The van der Waals surface area contributed by atoms with Crippen LogP contribution in [0.4, 0.5) is 13.2 Å². The molecule has 0 aromatic carbocycles. The van der Waals surface area contributed by atoms with Gasteiger partial charge in [0.25, 0.3) is 0 Å². The number of halogens is 3. The molecule has 0 aromatic rings. The summed E-state index contributed by atoms with van der Waals surface area (Å²) in [5.41, 5.74) is -4.79. The van der Waals surface area contributed by atoms with E-state index in [-0.39, 0.29) is 19.0 Å². The lowest BCUT2D eigenvalue weighted by Crippen LogP contribution is -2.49. The summed E-state index contributed by atoms with van der Waals surface area (Å²) in [6, 6.07) is 0. The zero-order valence-electron chi connectivity index (χ0n) is 15.7. The molecule has 1 saturated heterocycles. The van der Waals surface area contributed by atoms with Crippen LogP contribution >= 0.6 is 0 Å². The summed E-state index contributed by atoms with van der Waals surface area (Å²) in [7, 11) is -3.50. The Bertz CT molecular complexity index is 650. The maximum absolute atomic E-state index is 12.6. The van der Waals surface area contributed by atoms with E-state index in [1.54, 1.807) is 7.05 Å². The Labute approximate surface area is 159 Å². The number of hydrogen-bond acceptors (Lipinski definition) is 3. The summed E-state index contributed by atoms with van der Waals surface area (Å²) in [6.45, 7) is 1.31. The van der Waals surface area contributed by atoms with Crippen LogP contribution in [-0.4, -0.2) is 57.4 Å². The molecule has 2 aliphatic carbocycles. The first-order chi connectivity index (χ1) is 12.7. The Balaban J connectivity index is 1.41. The van der Waals surface area contributed by atoms with Crippen molar-refractivity contribution in [3.63, 3.8) is 0 Å². The van der Waals surface area contributed by atoms with Crippen LogP contribution in [0.15, 0.2) is 4.99 Å². The quantitative estimate of drug-likeness (QED) is 0.521. The van der Waals surface area contributed by atoms with Gasteiger partial charge < -0.3 is 10.6 Å². The van der Waals surface area contributed by atoms with Crippen molar-refractivity contribution in [1.29, 1.82) is 0 Å². The third kappa shape index (κ3) is 4.52. The van der Waals surface area contributed by atoms with Crippen molar-refractivity contribution < 1.29 is 21.6 Å². The van der Waals surface area contributed by atoms with Crippen LogP contribution in [0.25, 0.3) is 0 Å². The molecule has 10 heteroatoms. The maximum Gasteiger partial charge on any atom is 0.511 e. The van der Waals surface area contributed by atoms with Crippen LogP contribution in [0.5, 0.6) is 0 Å². The molecule has 156 valence electrons. The van der Waals surface area contributed by atoms with Crippen LogP contribution in [-0.2, 0) is 10.0 Å². The Hall–Kier alpha value is -1.03. The fourth-order valence-electron chi connectivity index (χ4n) is 4.28. The van der Waals surface area contributed by atoms with Crippen molar-refractivity contribution in [2.75, 3.05) is 33.2 Å². The van der Waals surface area contributed by atoms with E-state index in [1.807, 2.05) is 0 Å². The highest BCUT2D eigenvalue weighted by atomic mass is 32.2. The lowest BCUT2D eigenvalue weighted by atomic mass is 9.65. The van der Waals surface area contributed by atoms with E-state index in [0.29, 0.717) is 35.1 Å². The lowest BCUT2D eigenvalue weighted by molar-refractivity contribution is -0.0496. The molecule has 2 N–H and O–H groups in total. The van der Waals surface area contributed by atoms with Gasteiger partial charge in [0.05, 0.1) is 0 Å². The molecule has 0 spiro atoms. The largest absolute Gasteiger partial charge is 0.511 e. The topological polar surface area (TPSA) is 73.8 Å². The zero-order valence-corrected chi connectivity index (χ0v) is 16.5. The number of hydrogen-bond donors (Lipinski definition) is 2. The minimum Gasteiger partial charge on any atom is -0.356 e. The van der Waals surface area contributed by atoms with E-state index in [0.717, 1.165) is 12.5 Å². The Kier molecular flexibility index (Phi) is 5.96. The van der Waals surface area contributed by atoms with E-state index >= 15 is 0 Å². The van der Waals surface area contributed by atoms with Gasteiger partial charge in [-0.2, -0.15) is 17.5 Å². The van der Waals surface area contributed by atoms with E-state index in [2.05, 4.69) is 15.6 Å². The molecule has 3 aliphatic rings. The molecule has 0 radical (unpaired) electrons. The molecule has 3 fully saturated rings. The van der Waals surface area contributed by atoms with Gasteiger partial charge in [0.15, 0.2) is 5.96 Å². The average molecular weight is 411 g/mol. The Morgan fingerprint density at radius 2 is 1.78 bits per heavy atom. The predicted molar refractivity (Wildman–Crippen MR) is 97.6 cm³/mol. The molecule has 0 unspecified atom stereocenters. The van der Waals surface area contributed by atoms with Gasteiger partial charge in [0.1, 0.15) is 0 Å². The molecule has 0 bridgehead atoms. The van der Waals surface area contributed by atoms with Gasteiger partial charge in [-0.3, -0.25) is 4.99 Å². The second-order valence-corrected chi connectivity index (χ2v) is 10.0. The lowest BCUT2D eigenvalue weighted by Gasteiger charge is -2.43. The summed E-state index contributed by atoms with van der Waals surface area (Å²) in [4.78, 5) is 4.24. The van der Waals surface area contributed by atoms with Crippen molar-refractivity contribution in [1.82, 2.24) is 14.9 Å². The van der Waals surface area contributed by atoms with Crippen LogP contribution in [0.3, 0.4) is 0 Å². The monoisotopic (exact) mass is 410 g/mol. The minimum absolute atomic E-state index is 0.0923. The second-order valence-electron chi connectivity index (χ2n) is 8.09. The number of rotatable bonds is 6. The van der Waals surface area contributed by atoms with Crippen LogP contribution in [0.1, 0.15) is 44.9 Å². The second kappa shape index (κ2) is 7.77. The van der Waals surface area contributed by atoms with Crippen molar-refractivity contribution in [3.05, 3.63) is 0 Å². The maximum atomic E-state index is 12.6. The molecule has 0 amide bonds. The normalized spacial score (nSPS) is 25.1. The van der Waals surface area contributed by atoms with Gasteiger partial charge >= 0.3 is 15.5 Å². The standard InChI is InChI=1S/C17H29F3N4O2S/c1-21-15(23-12-16(7-2-8-16)14-3-4-14)22-11-13-5-9-24(10-6-13)27(25,26)17(18,19)20/h13-14H,2-12H2,1H3,(H2,21,22,23). The summed E-state index contributed by atoms with van der Waals surface area (Å²) < 4.78 is 61.3. The van der Waals surface area contributed by atoms with Gasteiger partial charge in [-0.05, 0) is 55.8 Å². The van der Waals surface area contributed by atoms with Crippen LogP contribution < -0.4 is 10.6 Å². The number of nitrogens with one attached hydrogen (secondary N) is 2. The van der Waals surface area contributed by atoms with Gasteiger partial charge in [-0.15, -0.1) is 0 Å². The van der Waals surface area contributed by atoms with E-state index in [9.17, 15) is 21.6 Å². The van der Waals surface area contributed by atoms with Crippen LogP contribution in [0.2, 0.25) is 0 Å². The van der Waals surface area contributed by atoms with Crippen molar-refractivity contribution >= 4 is 16.0 Å². The number of piperidine rings is 1. The van der Waals surface area contributed by atoms with Gasteiger partial charge in [0, 0.05) is 33.2 Å². The fourth-order valence-corrected chi connectivity index (χ4v) is 5.26. The molecular weight excluding hydrogens is 381 g/mol. The molecule has 1 heterocycles. The van der Waals surface area contributed by atoms with E-state index in [4.69, 9.17) is 0 Å². The first kappa shape index (κ1) is 20.7. The highest BCUT2D eigenvalue weighted by Gasteiger charge is 2.50. The summed E-state index contributed by atoms with van der Waals surface area (Å²) in [6.07, 6.45) is 7.31. The summed E-state index contributed by atoms with van der Waals surface area (Å²) >= 11 is 0. The molecule has 27 heavy (non-hydrogen) atoms. The first-order valence-electron chi connectivity index (χ1n) is 9.69. The Morgan fingerprint density at radius 1 is 1.15 bits per heavy atom.